The van der Waals surface area contributed by atoms with Crippen molar-refractivity contribution in [3.63, 3.8) is 0 Å². The summed E-state index contributed by atoms with van der Waals surface area (Å²) in [5.41, 5.74) is -0.0282. The first kappa shape index (κ1) is 17.7. The molecule has 0 aliphatic carbocycles. The molecule has 0 aliphatic rings. The number of nitrogens with zero attached hydrogens (tertiary/aromatic N) is 2. The molecule has 1 aromatic heterocycles. The fraction of sp³-hybridized carbons (Fsp3) is 0.643. The zero-order chi connectivity index (χ0) is 16.0. The number of aromatic carboxylic acids is 1. The molecule has 0 spiro atoms. The minimum atomic E-state index is -3.63. The smallest absolute Gasteiger partial charge is 0.352 e. The normalized spacial score (nSPS) is 12.0. The van der Waals surface area contributed by atoms with Crippen LogP contribution in [-0.2, 0) is 17.1 Å². The molecule has 120 valence electrons. The number of carbonyl (C=O) groups is 1. The highest BCUT2D eigenvalue weighted by Crippen LogP contribution is 2.20. The summed E-state index contributed by atoms with van der Waals surface area (Å²) in [5.74, 6) is -1.13. The van der Waals surface area contributed by atoms with Crippen molar-refractivity contribution in [3.05, 3.63) is 18.0 Å². The maximum Gasteiger partial charge on any atom is 0.352 e. The zero-order valence-electron chi connectivity index (χ0n) is 12.9. The molecule has 21 heavy (non-hydrogen) atoms. The van der Waals surface area contributed by atoms with Gasteiger partial charge < -0.3 is 9.67 Å². The summed E-state index contributed by atoms with van der Waals surface area (Å²) in [6.07, 6.45) is 4.77. The van der Waals surface area contributed by atoms with Gasteiger partial charge in [0.25, 0.3) is 0 Å². The van der Waals surface area contributed by atoms with Gasteiger partial charge in [0.1, 0.15) is 10.6 Å². The van der Waals surface area contributed by atoms with Gasteiger partial charge in [0.2, 0.25) is 10.0 Å². The average Bonchev–Trinajstić information content (AvgIpc) is 2.81. The van der Waals surface area contributed by atoms with Gasteiger partial charge in [-0.3, -0.25) is 0 Å². The van der Waals surface area contributed by atoms with Crippen LogP contribution in [0.4, 0.5) is 0 Å². The van der Waals surface area contributed by atoms with Crippen LogP contribution in [0, 0.1) is 0 Å². The summed E-state index contributed by atoms with van der Waals surface area (Å²) in [7, 11) is -2.10. The van der Waals surface area contributed by atoms with E-state index in [1.54, 1.807) is 0 Å². The molecule has 0 bridgehead atoms. The van der Waals surface area contributed by atoms with Crippen LogP contribution >= 0.6 is 0 Å². The number of rotatable bonds is 9. The van der Waals surface area contributed by atoms with E-state index in [-0.39, 0.29) is 10.6 Å². The van der Waals surface area contributed by atoms with E-state index in [0.29, 0.717) is 13.1 Å². The Morgan fingerprint density at radius 2 is 1.76 bits per heavy atom. The number of carboxylic acid groups (broad SMARTS) is 1. The summed E-state index contributed by atoms with van der Waals surface area (Å²) in [4.78, 5) is 11.1. The third kappa shape index (κ3) is 4.31. The van der Waals surface area contributed by atoms with Gasteiger partial charge in [-0.2, -0.15) is 4.31 Å². The van der Waals surface area contributed by atoms with Crippen LogP contribution < -0.4 is 0 Å². The minimum Gasteiger partial charge on any atom is -0.477 e. The van der Waals surface area contributed by atoms with Gasteiger partial charge in [-0.1, -0.05) is 26.7 Å². The van der Waals surface area contributed by atoms with Gasteiger partial charge in [0, 0.05) is 26.3 Å². The minimum absolute atomic E-state index is 0.0282. The number of aromatic nitrogens is 1. The van der Waals surface area contributed by atoms with Crippen molar-refractivity contribution in [3.8, 4) is 0 Å². The largest absolute Gasteiger partial charge is 0.477 e. The Labute approximate surface area is 126 Å². The van der Waals surface area contributed by atoms with Gasteiger partial charge in [-0.05, 0) is 18.9 Å². The molecule has 0 saturated heterocycles. The maximum absolute atomic E-state index is 12.7. The molecular weight excluding hydrogens is 292 g/mol. The standard InChI is InChI=1S/C14H24N2O4S/c1-4-6-8-16(9-7-5-2)21(19,20)12-10-13(14(17)18)15(3)11-12/h10-11H,4-9H2,1-3H3,(H,17,18). The summed E-state index contributed by atoms with van der Waals surface area (Å²) in [5, 5.41) is 9.04. The number of hydrogen-bond donors (Lipinski definition) is 1. The molecule has 0 atom stereocenters. The third-order valence-electron chi connectivity index (χ3n) is 3.36. The van der Waals surface area contributed by atoms with Gasteiger partial charge in [0.05, 0.1) is 0 Å². The molecule has 0 amide bonds. The number of sulfonamides is 1. The van der Waals surface area contributed by atoms with Crippen LogP contribution in [0.5, 0.6) is 0 Å². The van der Waals surface area contributed by atoms with E-state index < -0.39 is 16.0 Å². The summed E-state index contributed by atoms with van der Waals surface area (Å²) < 4.78 is 28.1. The van der Waals surface area contributed by atoms with Gasteiger partial charge >= 0.3 is 5.97 Å². The molecule has 0 fully saturated rings. The molecule has 1 rings (SSSR count). The van der Waals surface area contributed by atoms with E-state index in [0.717, 1.165) is 25.7 Å². The van der Waals surface area contributed by atoms with E-state index >= 15 is 0 Å². The number of unbranched alkanes of at least 4 members (excludes halogenated alkanes) is 2. The summed E-state index contributed by atoms with van der Waals surface area (Å²) >= 11 is 0. The first-order chi connectivity index (χ1) is 9.84. The van der Waals surface area contributed by atoms with Crippen molar-refractivity contribution in [1.29, 1.82) is 0 Å². The maximum atomic E-state index is 12.7. The average molecular weight is 316 g/mol. The molecule has 0 aromatic carbocycles. The molecule has 6 nitrogen and oxygen atoms in total. The Balaban J connectivity index is 3.09. The fourth-order valence-electron chi connectivity index (χ4n) is 2.06. The van der Waals surface area contributed by atoms with E-state index in [1.807, 2.05) is 13.8 Å². The lowest BCUT2D eigenvalue weighted by molar-refractivity contribution is 0.0686. The van der Waals surface area contributed by atoms with Crippen LogP contribution in [0.3, 0.4) is 0 Å². The van der Waals surface area contributed by atoms with Crippen molar-refractivity contribution in [2.75, 3.05) is 13.1 Å². The van der Waals surface area contributed by atoms with Crippen molar-refractivity contribution < 1.29 is 18.3 Å². The van der Waals surface area contributed by atoms with Crippen LogP contribution in [0.25, 0.3) is 0 Å². The van der Waals surface area contributed by atoms with Crippen LogP contribution in [0.1, 0.15) is 50.0 Å². The lowest BCUT2D eigenvalue weighted by Gasteiger charge is -2.21. The Morgan fingerprint density at radius 3 is 2.14 bits per heavy atom. The highest BCUT2D eigenvalue weighted by atomic mass is 32.2. The summed E-state index contributed by atoms with van der Waals surface area (Å²) in [6, 6.07) is 1.22. The van der Waals surface area contributed by atoms with E-state index in [2.05, 4.69) is 0 Å². The molecule has 1 aromatic rings. The molecule has 1 N–H and O–H groups in total. The predicted octanol–water partition coefficient (Wildman–Crippen LogP) is 2.31. The van der Waals surface area contributed by atoms with E-state index in [1.165, 1.54) is 28.2 Å². The second kappa shape index (κ2) is 7.61. The van der Waals surface area contributed by atoms with E-state index in [9.17, 15) is 13.2 Å². The summed E-state index contributed by atoms with van der Waals surface area (Å²) in [6.45, 7) is 4.96. The first-order valence-electron chi connectivity index (χ1n) is 7.24. The molecule has 0 aliphatic heterocycles. The van der Waals surface area contributed by atoms with Gasteiger partial charge in [-0.25, -0.2) is 13.2 Å². The predicted molar refractivity (Wildman–Crippen MR) is 80.9 cm³/mol. The van der Waals surface area contributed by atoms with Crippen LogP contribution in [0.2, 0.25) is 0 Å². The lowest BCUT2D eigenvalue weighted by atomic mass is 10.3. The highest BCUT2D eigenvalue weighted by Gasteiger charge is 2.26. The molecule has 7 heteroatoms. The van der Waals surface area contributed by atoms with Crippen molar-refractivity contribution in [1.82, 2.24) is 8.87 Å². The Morgan fingerprint density at radius 1 is 1.24 bits per heavy atom. The molecule has 0 unspecified atom stereocenters. The van der Waals surface area contributed by atoms with Crippen molar-refractivity contribution in [2.45, 2.75) is 44.4 Å². The third-order valence-corrected chi connectivity index (χ3v) is 5.22. The topological polar surface area (TPSA) is 79.6 Å². The molecule has 0 radical (unpaired) electrons. The Kier molecular flexibility index (Phi) is 6.42. The number of hydrogen-bond acceptors (Lipinski definition) is 3. The SMILES string of the molecule is CCCCN(CCCC)S(=O)(=O)c1cc(C(=O)O)n(C)c1. The van der Waals surface area contributed by atoms with Crippen LogP contribution in [-0.4, -0.2) is 41.5 Å². The number of carboxylic acids is 1. The first-order valence-corrected chi connectivity index (χ1v) is 8.68. The molecule has 0 saturated carbocycles. The molecule has 1 heterocycles. The Hall–Kier alpha value is -1.34. The van der Waals surface area contributed by atoms with Crippen LogP contribution in [0.15, 0.2) is 17.2 Å². The van der Waals surface area contributed by atoms with E-state index in [4.69, 9.17) is 5.11 Å². The monoisotopic (exact) mass is 316 g/mol. The van der Waals surface area contributed by atoms with Crippen molar-refractivity contribution in [2.24, 2.45) is 7.05 Å². The number of aryl methyl sites for hydroxylation is 1. The van der Waals surface area contributed by atoms with Crippen molar-refractivity contribution >= 4 is 16.0 Å². The Bertz CT molecular complexity index is 570. The second-order valence-corrected chi connectivity index (χ2v) is 7.03. The second-order valence-electron chi connectivity index (χ2n) is 5.09. The van der Waals surface area contributed by atoms with Gasteiger partial charge in [0.15, 0.2) is 0 Å². The lowest BCUT2D eigenvalue weighted by Crippen LogP contribution is -2.32. The quantitative estimate of drug-likeness (QED) is 0.758. The highest BCUT2D eigenvalue weighted by molar-refractivity contribution is 7.89. The zero-order valence-corrected chi connectivity index (χ0v) is 13.7. The van der Waals surface area contributed by atoms with Gasteiger partial charge in [-0.15, -0.1) is 0 Å². The molecular formula is C14H24N2O4S. The fourth-order valence-corrected chi connectivity index (χ4v) is 3.65.